The summed E-state index contributed by atoms with van der Waals surface area (Å²) < 4.78 is 5.88. The minimum atomic E-state index is -0.881. The molecule has 1 aromatic carbocycles. The lowest BCUT2D eigenvalue weighted by molar-refractivity contribution is -0.158. The van der Waals surface area contributed by atoms with E-state index in [1.807, 2.05) is 51.1 Å². The van der Waals surface area contributed by atoms with Crippen molar-refractivity contribution >= 4 is 23.7 Å². The molecule has 1 aromatic rings. The zero-order valence-electron chi connectivity index (χ0n) is 22.3. The zero-order valence-corrected chi connectivity index (χ0v) is 22.3. The van der Waals surface area contributed by atoms with Gasteiger partial charge in [-0.15, -0.1) is 0 Å². The monoisotopic (exact) mass is 501 g/mol. The highest BCUT2D eigenvalue weighted by atomic mass is 16.5. The molecule has 6 atom stereocenters. The maximum Gasteiger partial charge on any atom is 0.329 e. The number of benzene rings is 1. The number of esters is 1. The highest BCUT2D eigenvalue weighted by Crippen LogP contribution is 2.21. The van der Waals surface area contributed by atoms with E-state index in [4.69, 9.17) is 4.74 Å². The third kappa shape index (κ3) is 8.95. The summed E-state index contributed by atoms with van der Waals surface area (Å²) in [6.45, 7) is 9.43. The molecule has 0 unspecified atom stereocenters. The molecule has 3 amide bonds. The standard InChI is InChI=1S/C28H43N3O5/c1-6-8-12-19(4)23-17-24(32)30-22(16-15-21-13-10-9-11-14-21)27(34)29-20(5)26(33)31-25(18(3)7-2)28(35)36-23/h9-11,13-14,18-20,22-23,25H,6-8,12,15-17H2,1-5H3,(H,29,34)(H,30,32)(H,31,33)/t18-,19-,20-,22-,23-,25+/m0/s1. The van der Waals surface area contributed by atoms with Crippen molar-refractivity contribution in [2.45, 2.75) is 104 Å². The van der Waals surface area contributed by atoms with Crippen LogP contribution in [-0.2, 0) is 30.3 Å². The number of rotatable bonds is 9. The number of cyclic esters (lactones) is 1. The number of hydrogen-bond acceptors (Lipinski definition) is 5. The first-order valence-corrected chi connectivity index (χ1v) is 13.3. The molecule has 0 spiro atoms. The van der Waals surface area contributed by atoms with Crippen LogP contribution < -0.4 is 16.0 Å². The molecule has 0 aromatic heterocycles. The van der Waals surface area contributed by atoms with E-state index in [0.29, 0.717) is 19.3 Å². The zero-order chi connectivity index (χ0) is 26.7. The van der Waals surface area contributed by atoms with Crippen LogP contribution in [0.15, 0.2) is 30.3 Å². The van der Waals surface area contributed by atoms with Gasteiger partial charge in [0.15, 0.2) is 0 Å². The predicted molar refractivity (Wildman–Crippen MR) is 139 cm³/mol. The molecule has 0 bridgehead atoms. The van der Waals surface area contributed by atoms with Crippen molar-refractivity contribution in [3.05, 3.63) is 35.9 Å². The normalized spacial score (nSPS) is 25.7. The average Bonchev–Trinajstić information content (AvgIpc) is 2.87. The van der Waals surface area contributed by atoms with Crippen LogP contribution in [0.2, 0.25) is 0 Å². The number of carbonyl (C=O) groups excluding carboxylic acids is 4. The molecular formula is C28H43N3O5. The topological polar surface area (TPSA) is 114 Å². The van der Waals surface area contributed by atoms with E-state index in [1.165, 1.54) is 0 Å². The summed E-state index contributed by atoms with van der Waals surface area (Å²) >= 11 is 0. The number of unbranched alkanes of at least 4 members (excludes halogenated alkanes) is 1. The second-order valence-electron chi connectivity index (χ2n) is 10.0. The second-order valence-corrected chi connectivity index (χ2v) is 10.0. The molecule has 0 radical (unpaired) electrons. The van der Waals surface area contributed by atoms with Crippen molar-refractivity contribution in [1.82, 2.24) is 16.0 Å². The number of carbonyl (C=O) groups is 4. The van der Waals surface area contributed by atoms with Gasteiger partial charge in [-0.05, 0) is 43.6 Å². The number of amides is 3. The number of aryl methyl sites for hydroxylation is 1. The van der Waals surface area contributed by atoms with Gasteiger partial charge in [-0.25, -0.2) is 4.79 Å². The molecule has 1 fully saturated rings. The molecule has 2 rings (SSSR count). The molecule has 0 saturated carbocycles. The minimum absolute atomic E-state index is 0.0392. The van der Waals surface area contributed by atoms with Crippen LogP contribution in [-0.4, -0.2) is 47.9 Å². The highest BCUT2D eigenvalue weighted by molar-refractivity contribution is 5.93. The van der Waals surface area contributed by atoms with E-state index >= 15 is 0 Å². The van der Waals surface area contributed by atoms with Gasteiger partial charge in [0.05, 0.1) is 6.42 Å². The van der Waals surface area contributed by atoms with Gasteiger partial charge in [-0.1, -0.05) is 77.3 Å². The summed E-state index contributed by atoms with van der Waals surface area (Å²) in [5, 5.41) is 8.33. The van der Waals surface area contributed by atoms with Crippen molar-refractivity contribution in [2.75, 3.05) is 0 Å². The summed E-state index contributed by atoms with van der Waals surface area (Å²) in [4.78, 5) is 52.3. The van der Waals surface area contributed by atoms with Gasteiger partial charge in [-0.3, -0.25) is 14.4 Å². The fraction of sp³-hybridized carbons (Fsp3) is 0.643. The lowest BCUT2D eigenvalue weighted by atomic mass is 9.94. The first-order valence-electron chi connectivity index (χ1n) is 13.3. The fourth-order valence-electron chi connectivity index (χ4n) is 4.28. The van der Waals surface area contributed by atoms with Crippen LogP contribution >= 0.6 is 0 Å². The van der Waals surface area contributed by atoms with Gasteiger partial charge in [-0.2, -0.15) is 0 Å². The third-order valence-electron chi connectivity index (χ3n) is 7.03. The maximum atomic E-state index is 13.2. The number of ether oxygens (including phenoxy) is 1. The molecule has 1 aliphatic rings. The molecule has 200 valence electrons. The third-order valence-corrected chi connectivity index (χ3v) is 7.03. The smallest absolute Gasteiger partial charge is 0.329 e. The van der Waals surface area contributed by atoms with Gasteiger partial charge >= 0.3 is 5.97 Å². The van der Waals surface area contributed by atoms with Gasteiger partial charge < -0.3 is 20.7 Å². The second kappa shape index (κ2) is 14.6. The molecule has 1 heterocycles. The predicted octanol–water partition coefficient (Wildman–Crippen LogP) is 3.28. The van der Waals surface area contributed by atoms with Crippen molar-refractivity contribution in [3.8, 4) is 0 Å². The number of hydrogen-bond donors (Lipinski definition) is 3. The Balaban J connectivity index is 2.32. The summed E-state index contributed by atoms with van der Waals surface area (Å²) in [5.41, 5.74) is 1.05. The Morgan fingerprint density at radius 3 is 2.28 bits per heavy atom. The van der Waals surface area contributed by atoms with Crippen molar-refractivity contribution in [3.63, 3.8) is 0 Å². The van der Waals surface area contributed by atoms with Crippen LogP contribution in [0.3, 0.4) is 0 Å². The van der Waals surface area contributed by atoms with Gasteiger partial charge in [0.25, 0.3) is 0 Å². The van der Waals surface area contributed by atoms with Crippen LogP contribution in [0.4, 0.5) is 0 Å². The Kier molecular flexibility index (Phi) is 11.9. The Morgan fingerprint density at radius 1 is 0.944 bits per heavy atom. The minimum Gasteiger partial charge on any atom is -0.460 e. The average molecular weight is 502 g/mol. The number of nitrogens with one attached hydrogen (secondary N) is 3. The molecule has 36 heavy (non-hydrogen) atoms. The van der Waals surface area contributed by atoms with E-state index in [2.05, 4.69) is 22.9 Å². The van der Waals surface area contributed by atoms with E-state index in [9.17, 15) is 19.2 Å². The van der Waals surface area contributed by atoms with Crippen LogP contribution in [0.5, 0.6) is 0 Å². The molecule has 3 N–H and O–H groups in total. The molecule has 0 aliphatic carbocycles. The lowest BCUT2D eigenvalue weighted by Crippen LogP contribution is -2.55. The Morgan fingerprint density at radius 2 is 1.64 bits per heavy atom. The Labute approximate surface area is 215 Å². The Hall–Kier alpha value is -2.90. The van der Waals surface area contributed by atoms with Gasteiger partial charge in [0.2, 0.25) is 17.7 Å². The molecular weight excluding hydrogens is 458 g/mol. The van der Waals surface area contributed by atoms with E-state index < -0.39 is 42.0 Å². The Bertz CT molecular complexity index is 875. The first kappa shape index (κ1) is 29.3. The van der Waals surface area contributed by atoms with E-state index in [-0.39, 0.29) is 24.2 Å². The quantitative estimate of drug-likeness (QED) is 0.450. The highest BCUT2D eigenvalue weighted by Gasteiger charge is 2.35. The maximum absolute atomic E-state index is 13.2. The van der Waals surface area contributed by atoms with Crippen LogP contribution in [0.1, 0.15) is 78.7 Å². The van der Waals surface area contributed by atoms with Crippen molar-refractivity contribution < 1.29 is 23.9 Å². The SMILES string of the molecule is CCCC[C@H](C)[C@@H]1CC(=O)N[C@@H](CCc2ccccc2)C(=O)N[C@@H](C)C(=O)N[C@H]([C@@H](C)CC)C(=O)O1. The van der Waals surface area contributed by atoms with Gasteiger partial charge in [0, 0.05) is 0 Å². The molecule has 1 saturated heterocycles. The van der Waals surface area contributed by atoms with Gasteiger partial charge in [0.1, 0.15) is 24.2 Å². The molecule has 8 nitrogen and oxygen atoms in total. The fourth-order valence-corrected chi connectivity index (χ4v) is 4.28. The summed E-state index contributed by atoms with van der Waals surface area (Å²) in [5.74, 6) is -2.01. The van der Waals surface area contributed by atoms with Crippen molar-refractivity contribution in [1.29, 1.82) is 0 Å². The van der Waals surface area contributed by atoms with E-state index in [1.54, 1.807) is 6.92 Å². The first-order chi connectivity index (χ1) is 17.2. The summed E-state index contributed by atoms with van der Waals surface area (Å²) in [6.07, 6.45) is 3.66. The van der Waals surface area contributed by atoms with Crippen LogP contribution in [0.25, 0.3) is 0 Å². The van der Waals surface area contributed by atoms with Crippen molar-refractivity contribution in [2.24, 2.45) is 11.8 Å². The van der Waals surface area contributed by atoms with Crippen LogP contribution in [0, 0.1) is 11.8 Å². The summed E-state index contributed by atoms with van der Waals surface area (Å²) in [7, 11) is 0. The molecule has 1 aliphatic heterocycles. The molecule has 8 heteroatoms. The lowest BCUT2D eigenvalue weighted by Gasteiger charge is -2.29. The van der Waals surface area contributed by atoms with E-state index in [0.717, 1.165) is 24.8 Å². The summed E-state index contributed by atoms with van der Waals surface area (Å²) in [6, 6.07) is 7.15. The largest absolute Gasteiger partial charge is 0.460 e.